The van der Waals surface area contributed by atoms with E-state index in [1.807, 2.05) is 12.2 Å². The van der Waals surface area contributed by atoms with Crippen molar-refractivity contribution < 1.29 is 24.0 Å². The molecule has 0 spiro atoms. The molecule has 9 heteroatoms. The Hall–Kier alpha value is -3.23. The minimum atomic E-state index is -0.587. The molecule has 4 atom stereocenters. The molecule has 1 aromatic carbocycles. The Morgan fingerprint density at radius 3 is 2.19 bits per heavy atom. The van der Waals surface area contributed by atoms with Crippen molar-refractivity contribution in [3.63, 3.8) is 0 Å². The smallest absolute Gasteiger partial charge is 0.282 e. The number of carbonyl (C=O) groups is 2. The molecule has 2 bridgehead atoms. The number of hydrogen-bond donors (Lipinski definition) is 0. The van der Waals surface area contributed by atoms with Gasteiger partial charge in [-0.3, -0.25) is 19.7 Å². The monoisotopic (exact) mass is 371 g/mol. The van der Waals surface area contributed by atoms with E-state index in [0.29, 0.717) is 0 Å². The fraction of sp³-hybridized carbons (Fsp3) is 0.389. The lowest BCUT2D eigenvalue weighted by molar-refractivity contribution is -0.385. The number of fused-ring (bicyclic) bond motifs is 5. The van der Waals surface area contributed by atoms with Crippen molar-refractivity contribution in [3.8, 4) is 11.5 Å². The van der Waals surface area contributed by atoms with Crippen molar-refractivity contribution in [1.29, 1.82) is 0 Å². The molecule has 1 saturated carbocycles. The molecule has 0 radical (unpaired) electrons. The van der Waals surface area contributed by atoms with Crippen LogP contribution in [0.1, 0.15) is 12.0 Å². The number of nitrogens with zero attached hydrogens (tertiary/aromatic N) is 3. The van der Waals surface area contributed by atoms with Crippen molar-refractivity contribution in [3.05, 3.63) is 40.0 Å². The second-order valence-corrected chi connectivity index (χ2v) is 6.76. The molecule has 0 N–H and O–H groups in total. The number of methoxy groups -OCH3 is 2. The summed E-state index contributed by atoms with van der Waals surface area (Å²) in [5.41, 5.74) is -0.158. The number of nitro benzene ring substituents is 1. The standard InChI is InChI=1S/C18H17N3O6/c1-26-13-6-11(12(21(24)25)7-14(13)27-2)8-19-20-17(22)15-9-3-4-10(5-9)16(15)18(20)23/h3-4,6-10,15-16H,5H2,1-2H3/b19-8-/t9-,10-,15+,16+/m0/s1. The molecule has 1 saturated heterocycles. The molecule has 27 heavy (non-hydrogen) atoms. The maximum absolute atomic E-state index is 12.6. The predicted molar refractivity (Wildman–Crippen MR) is 93.4 cm³/mol. The summed E-state index contributed by atoms with van der Waals surface area (Å²) in [5.74, 6) is -0.800. The van der Waals surface area contributed by atoms with Crippen LogP contribution < -0.4 is 9.47 Å². The zero-order chi connectivity index (χ0) is 19.3. The Morgan fingerprint density at radius 1 is 1.11 bits per heavy atom. The van der Waals surface area contributed by atoms with Gasteiger partial charge in [0.25, 0.3) is 17.5 Å². The lowest BCUT2D eigenvalue weighted by atomic mass is 9.85. The van der Waals surface area contributed by atoms with Gasteiger partial charge in [-0.15, -0.1) is 0 Å². The van der Waals surface area contributed by atoms with Crippen LogP contribution >= 0.6 is 0 Å². The lowest BCUT2D eigenvalue weighted by Crippen LogP contribution is -2.28. The number of rotatable bonds is 5. The van der Waals surface area contributed by atoms with Gasteiger partial charge in [-0.25, -0.2) is 0 Å². The van der Waals surface area contributed by atoms with Crippen molar-refractivity contribution in [1.82, 2.24) is 5.01 Å². The molecular formula is C18H17N3O6. The Bertz CT molecular complexity index is 879. The highest BCUT2D eigenvalue weighted by atomic mass is 16.6. The number of benzene rings is 1. The van der Waals surface area contributed by atoms with Crippen LogP contribution in [0.3, 0.4) is 0 Å². The highest BCUT2D eigenvalue weighted by Crippen LogP contribution is 2.52. The van der Waals surface area contributed by atoms with Crippen LogP contribution in [0.5, 0.6) is 11.5 Å². The lowest BCUT2D eigenvalue weighted by Gasteiger charge is -2.13. The Labute approximate surface area is 154 Å². The molecule has 2 amide bonds. The van der Waals surface area contributed by atoms with Crippen LogP contribution in [0.2, 0.25) is 0 Å². The van der Waals surface area contributed by atoms with E-state index in [0.717, 1.165) is 17.6 Å². The van der Waals surface area contributed by atoms with Crippen molar-refractivity contribution in [2.45, 2.75) is 6.42 Å². The van der Waals surface area contributed by atoms with E-state index in [1.54, 1.807) is 0 Å². The van der Waals surface area contributed by atoms with E-state index in [9.17, 15) is 19.7 Å². The molecule has 1 heterocycles. The second kappa shape index (κ2) is 6.19. The zero-order valence-corrected chi connectivity index (χ0v) is 14.7. The van der Waals surface area contributed by atoms with Gasteiger partial charge in [-0.2, -0.15) is 10.1 Å². The van der Waals surface area contributed by atoms with Gasteiger partial charge >= 0.3 is 0 Å². The van der Waals surface area contributed by atoms with E-state index >= 15 is 0 Å². The molecule has 2 fully saturated rings. The van der Waals surface area contributed by atoms with E-state index < -0.39 is 4.92 Å². The van der Waals surface area contributed by atoms with E-state index in [-0.39, 0.29) is 58.2 Å². The van der Waals surface area contributed by atoms with Crippen LogP contribution in [0, 0.1) is 33.8 Å². The van der Waals surface area contributed by atoms with Crippen LogP contribution in [-0.2, 0) is 9.59 Å². The van der Waals surface area contributed by atoms with Crippen LogP contribution in [0.15, 0.2) is 29.4 Å². The van der Waals surface area contributed by atoms with Gasteiger partial charge in [0.2, 0.25) is 0 Å². The zero-order valence-electron chi connectivity index (χ0n) is 14.7. The van der Waals surface area contributed by atoms with E-state index in [4.69, 9.17) is 9.47 Å². The second-order valence-electron chi connectivity index (χ2n) is 6.76. The summed E-state index contributed by atoms with van der Waals surface area (Å²) in [5, 5.41) is 16.2. The van der Waals surface area contributed by atoms with Gasteiger partial charge in [-0.1, -0.05) is 12.2 Å². The number of amides is 2. The third-order valence-corrected chi connectivity index (χ3v) is 5.49. The van der Waals surface area contributed by atoms with Crippen molar-refractivity contribution in [2.24, 2.45) is 28.8 Å². The van der Waals surface area contributed by atoms with Gasteiger partial charge in [0.1, 0.15) is 0 Å². The van der Waals surface area contributed by atoms with Crippen LogP contribution in [0.4, 0.5) is 5.69 Å². The average Bonchev–Trinajstić information content (AvgIpc) is 3.34. The Morgan fingerprint density at radius 2 is 1.67 bits per heavy atom. The quantitative estimate of drug-likeness (QED) is 0.256. The largest absolute Gasteiger partial charge is 0.493 e. The van der Waals surface area contributed by atoms with Gasteiger partial charge in [0, 0.05) is 0 Å². The summed E-state index contributed by atoms with van der Waals surface area (Å²) in [6.07, 6.45) is 5.95. The maximum Gasteiger partial charge on any atom is 0.282 e. The van der Waals surface area contributed by atoms with Crippen molar-refractivity contribution >= 4 is 23.7 Å². The highest BCUT2D eigenvalue weighted by Gasteiger charge is 2.59. The van der Waals surface area contributed by atoms with E-state index in [2.05, 4.69) is 5.10 Å². The summed E-state index contributed by atoms with van der Waals surface area (Å²) >= 11 is 0. The maximum atomic E-state index is 12.6. The number of carbonyl (C=O) groups excluding carboxylic acids is 2. The number of allylic oxidation sites excluding steroid dienone is 2. The van der Waals surface area contributed by atoms with Crippen LogP contribution in [-0.4, -0.2) is 42.2 Å². The first kappa shape index (κ1) is 17.2. The predicted octanol–water partition coefficient (Wildman–Crippen LogP) is 1.75. The molecule has 1 aromatic rings. The first-order valence-corrected chi connectivity index (χ1v) is 8.46. The minimum absolute atomic E-state index is 0.0760. The van der Waals surface area contributed by atoms with Crippen molar-refractivity contribution in [2.75, 3.05) is 14.2 Å². The number of hydrazone groups is 1. The highest BCUT2D eigenvalue weighted by molar-refractivity contribution is 6.07. The van der Waals surface area contributed by atoms with Gasteiger partial charge in [0.15, 0.2) is 11.5 Å². The number of imide groups is 1. The Balaban J connectivity index is 1.66. The minimum Gasteiger partial charge on any atom is -0.493 e. The third-order valence-electron chi connectivity index (χ3n) is 5.49. The third kappa shape index (κ3) is 2.49. The molecule has 0 unspecified atom stereocenters. The van der Waals surface area contributed by atoms with Gasteiger partial charge < -0.3 is 9.47 Å². The molecule has 3 aliphatic rings. The number of nitro groups is 1. The average molecular weight is 371 g/mol. The molecule has 2 aliphatic carbocycles. The molecule has 0 aromatic heterocycles. The first-order valence-electron chi connectivity index (χ1n) is 8.46. The van der Waals surface area contributed by atoms with Crippen LogP contribution in [0.25, 0.3) is 0 Å². The SMILES string of the molecule is COc1cc(/C=N\N2C(=O)[C@H]3[C@H](C2=O)[C@H]2C=C[C@H]3C2)c([N+](=O)[O-])cc1OC. The molecular weight excluding hydrogens is 354 g/mol. The first-order chi connectivity index (χ1) is 13.0. The summed E-state index contributed by atoms with van der Waals surface area (Å²) in [7, 11) is 2.78. The number of hydrogen-bond acceptors (Lipinski definition) is 7. The number of ether oxygens (including phenoxy) is 2. The molecule has 9 nitrogen and oxygen atoms in total. The summed E-state index contributed by atoms with van der Waals surface area (Å²) in [6, 6.07) is 2.60. The normalized spacial score (nSPS) is 28.3. The van der Waals surface area contributed by atoms with E-state index in [1.165, 1.54) is 26.4 Å². The summed E-state index contributed by atoms with van der Waals surface area (Å²) in [6.45, 7) is 0. The molecule has 140 valence electrons. The molecule has 1 aliphatic heterocycles. The van der Waals surface area contributed by atoms with Gasteiger partial charge in [-0.05, 0) is 24.3 Å². The Kier molecular flexibility index (Phi) is 3.94. The molecule has 4 rings (SSSR count). The summed E-state index contributed by atoms with van der Waals surface area (Å²) < 4.78 is 10.2. The topological polar surface area (TPSA) is 111 Å². The summed E-state index contributed by atoms with van der Waals surface area (Å²) in [4.78, 5) is 36.0. The fourth-order valence-electron chi connectivity index (χ4n) is 4.27. The van der Waals surface area contributed by atoms with Gasteiger partial charge in [0.05, 0.1) is 48.8 Å². The fourth-order valence-corrected chi connectivity index (χ4v) is 4.27.